The number of carbonyl (C=O) groups excluding carboxylic acids is 1. The highest BCUT2D eigenvalue weighted by Gasteiger charge is 2.68. The molecule has 0 saturated heterocycles. The third-order valence-corrected chi connectivity index (χ3v) is 6.99. The Hall–Kier alpha value is -1.28. The second-order valence-corrected chi connectivity index (χ2v) is 8.91. The standard InChI is InChI=1S/C21H28ClNO/c1-6-14(22)11-12-23-13-16(15-9-7-8-10-17(15)23)18(24)19-20(2,3)21(19,4)5/h7-10,13-14,19H,6,11-12H2,1-5H3. The van der Waals surface area contributed by atoms with Crippen LogP contribution >= 0.6 is 11.6 Å². The van der Waals surface area contributed by atoms with E-state index in [1.54, 1.807) is 0 Å². The van der Waals surface area contributed by atoms with E-state index < -0.39 is 0 Å². The maximum atomic E-state index is 13.2. The summed E-state index contributed by atoms with van der Waals surface area (Å²) in [6.07, 6.45) is 3.94. The number of carbonyl (C=O) groups is 1. The van der Waals surface area contributed by atoms with Gasteiger partial charge in [-0.25, -0.2) is 0 Å². The number of hydrogen-bond acceptors (Lipinski definition) is 1. The van der Waals surface area contributed by atoms with Gasteiger partial charge in [0.1, 0.15) is 0 Å². The Bertz CT molecular complexity index is 757. The van der Waals surface area contributed by atoms with Crippen molar-refractivity contribution in [3.63, 3.8) is 0 Å². The topological polar surface area (TPSA) is 22.0 Å². The van der Waals surface area contributed by atoms with Crippen LogP contribution < -0.4 is 0 Å². The van der Waals surface area contributed by atoms with E-state index in [-0.39, 0.29) is 27.9 Å². The molecule has 1 heterocycles. The minimum Gasteiger partial charge on any atom is -0.347 e. The summed E-state index contributed by atoms with van der Waals surface area (Å²) >= 11 is 6.29. The van der Waals surface area contributed by atoms with E-state index >= 15 is 0 Å². The second-order valence-electron chi connectivity index (χ2n) is 8.29. The normalized spacial score (nSPS) is 20.2. The van der Waals surface area contributed by atoms with Gasteiger partial charge in [-0.15, -0.1) is 11.6 Å². The summed E-state index contributed by atoms with van der Waals surface area (Å²) in [7, 11) is 0. The molecule has 0 bridgehead atoms. The number of alkyl halides is 1. The summed E-state index contributed by atoms with van der Waals surface area (Å²) in [5.74, 6) is 0.388. The molecule has 3 heteroatoms. The Kier molecular flexibility index (Phi) is 4.32. The number of aromatic nitrogens is 1. The van der Waals surface area contributed by atoms with Gasteiger partial charge in [-0.2, -0.15) is 0 Å². The fraction of sp³-hybridized carbons (Fsp3) is 0.571. The lowest BCUT2D eigenvalue weighted by Gasteiger charge is -2.08. The third-order valence-electron chi connectivity index (χ3n) is 6.46. The van der Waals surface area contributed by atoms with Gasteiger partial charge in [-0.1, -0.05) is 52.8 Å². The number of hydrogen-bond donors (Lipinski definition) is 0. The number of nitrogens with zero attached hydrogens (tertiary/aromatic N) is 1. The van der Waals surface area contributed by atoms with E-state index in [1.807, 2.05) is 12.1 Å². The van der Waals surface area contributed by atoms with Crippen LogP contribution in [0.4, 0.5) is 0 Å². The van der Waals surface area contributed by atoms with Crippen molar-refractivity contribution in [2.45, 2.75) is 59.4 Å². The Morgan fingerprint density at radius 2 is 1.83 bits per heavy atom. The first-order chi connectivity index (χ1) is 11.2. The Morgan fingerprint density at radius 1 is 1.21 bits per heavy atom. The first-order valence-corrected chi connectivity index (χ1v) is 9.41. The molecule has 0 radical (unpaired) electrons. The van der Waals surface area contributed by atoms with Gasteiger partial charge in [0, 0.05) is 40.5 Å². The summed E-state index contributed by atoms with van der Waals surface area (Å²) < 4.78 is 2.20. The molecule has 1 atom stereocenters. The summed E-state index contributed by atoms with van der Waals surface area (Å²) in [5, 5.41) is 1.26. The van der Waals surface area contributed by atoms with Gasteiger partial charge >= 0.3 is 0 Å². The second kappa shape index (κ2) is 5.91. The lowest BCUT2D eigenvalue weighted by atomic mass is 10.0. The lowest BCUT2D eigenvalue weighted by Crippen LogP contribution is -2.07. The van der Waals surface area contributed by atoms with Crippen LogP contribution in [-0.2, 0) is 6.54 Å². The minimum absolute atomic E-state index is 0.0662. The number of rotatable bonds is 6. The quantitative estimate of drug-likeness (QED) is 0.471. The maximum absolute atomic E-state index is 13.2. The largest absolute Gasteiger partial charge is 0.347 e. The van der Waals surface area contributed by atoms with Crippen molar-refractivity contribution < 1.29 is 4.79 Å². The van der Waals surface area contributed by atoms with Crippen molar-refractivity contribution in [1.29, 1.82) is 0 Å². The molecule has 130 valence electrons. The highest BCUT2D eigenvalue weighted by Crippen LogP contribution is 2.69. The van der Waals surface area contributed by atoms with E-state index in [2.05, 4.69) is 57.5 Å². The summed E-state index contributed by atoms with van der Waals surface area (Å²) in [5.41, 5.74) is 2.14. The first-order valence-electron chi connectivity index (χ1n) is 8.98. The smallest absolute Gasteiger partial charge is 0.169 e. The van der Waals surface area contributed by atoms with E-state index in [0.29, 0.717) is 0 Å². The van der Waals surface area contributed by atoms with E-state index in [9.17, 15) is 4.79 Å². The highest BCUT2D eigenvalue weighted by molar-refractivity contribution is 6.20. The molecule has 1 saturated carbocycles. The molecule has 2 aromatic rings. The van der Waals surface area contributed by atoms with Crippen LogP contribution in [0.1, 0.15) is 57.8 Å². The third kappa shape index (κ3) is 2.60. The van der Waals surface area contributed by atoms with Crippen molar-refractivity contribution in [2.75, 3.05) is 0 Å². The van der Waals surface area contributed by atoms with E-state index in [4.69, 9.17) is 11.6 Å². The van der Waals surface area contributed by atoms with Crippen LogP contribution in [-0.4, -0.2) is 15.7 Å². The molecule has 1 aromatic carbocycles. The van der Waals surface area contributed by atoms with Crippen molar-refractivity contribution in [2.24, 2.45) is 16.7 Å². The maximum Gasteiger partial charge on any atom is 0.169 e. The van der Waals surface area contributed by atoms with E-state index in [0.717, 1.165) is 35.9 Å². The summed E-state index contributed by atoms with van der Waals surface area (Å²) in [6, 6.07) is 8.23. The average molecular weight is 346 g/mol. The van der Waals surface area contributed by atoms with Gasteiger partial charge in [0.05, 0.1) is 0 Å². The number of halogens is 1. The number of fused-ring (bicyclic) bond motifs is 1. The first kappa shape index (κ1) is 17.5. The Labute approximate surface area is 150 Å². The number of para-hydroxylation sites is 1. The average Bonchev–Trinajstić information content (AvgIpc) is 2.84. The summed E-state index contributed by atoms with van der Waals surface area (Å²) in [4.78, 5) is 13.2. The van der Waals surface area contributed by atoms with E-state index in [1.165, 1.54) is 0 Å². The molecule has 0 N–H and O–H groups in total. The van der Waals surface area contributed by atoms with Crippen molar-refractivity contribution >= 4 is 28.3 Å². The predicted octanol–water partition coefficient (Wildman–Crippen LogP) is 5.91. The molecule has 1 aromatic heterocycles. The molecule has 1 aliphatic carbocycles. The monoisotopic (exact) mass is 345 g/mol. The molecule has 0 aliphatic heterocycles. The van der Waals surface area contributed by atoms with Gasteiger partial charge in [0.15, 0.2) is 5.78 Å². The molecule has 0 spiro atoms. The molecule has 24 heavy (non-hydrogen) atoms. The van der Waals surface area contributed by atoms with Crippen LogP contribution in [0.5, 0.6) is 0 Å². The zero-order chi connectivity index (χ0) is 17.7. The number of benzene rings is 1. The van der Waals surface area contributed by atoms with Gasteiger partial charge in [0.2, 0.25) is 0 Å². The number of Topliss-reactive ketones (excluding diaryl/α,β-unsaturated/α-hetero) is 1. The van der Waals surface area contributed by atoms with Crippen LogP contribution in [0.25, 0.3) is 10.9 Å². The lowest BCUT2D eigenvalue weighted by molar-refractivity contribution is 0.0946. The number of aryl methyl sites for hydroxylation is 1. The van der Waals surface area contributed by atoms with Crippen LogP contribution in [0.2, 0.25) is 0 Å². The fourth-order valence-corrected chi connectivity index (χ4v) is 4.22. The van der Waals surface area contributed by atoms with Crippen LogP contribution in [0.3, 0.4) is 0 Å². The molecule has 1 aliphatic rings. The van der Waals surface area contributed by atoms with Gasteiger partial charge in [0.25, 0.3) is 0 Å². The molecule has 3 rings (SSSR count). The Balaban J connectivity index is 1.96. The predicted molar refractivity (Wildman–Crippen MR) is 102 cm³/mol. The highest BCUT2D eigenvalue weighted by atomic mass is 35.5. The zero-order valence-corrected chi connectivity index (χ0v) is 16.2. The van der Waals surface area contributed by atoms with Gasteiger partial charge in [-0.3, -0.25) is 4.79 Å². The molecule has 1 fully saturated rings. The van der Waals surface area contributed by atoms with Crippen molar-refractivity contribution in [3.05, 3.63) is 36.0 Å². The van der Waals surface area contributed by atoms with Crippen LogP contribution in [0.15, 0.2) is 30.5 Å². The molecule has 0 amide bonds. The Morgan fingerprint density at radius 3 is 2.42 bits per heavy atom. The zero-order valence-electron chi connectivity index (χ0n) is 15.4. The van der Waals surface area contributed by atoms with Crippen molar-refractivity contribution in [1.82, 2.24) is 4.57 Å². The minimum atomic E-state index is 0.0662. The molecule has 2 nitrogen and oxygen atoms in total. The van der Waals surface area contributed by atoms with Gasteiger partial charge in [-0.05, 0) is 29.7 Å². The van der Waals surface area contributed by atoms with Gasteiger partial charge < -0.3 is 4.57 Å². The molecule has 1 unspecified atom stereocenters. The van der Waals surface area contributed by atoms with Crippen molar-refractivity contribution in [3.8, 4) is 0 Å². The SMILES string of the molecule is CCC(Cl)CCn1cc(C(=O)C2C(C)(C)C2(C)C)c2ccccc21. The summed E-state index contributed by atoms with van der Waals surface area (Å²) in [6.45, 7) is 11.8. The molecular formula is C21H28ClNO. The molecular weight excluding hydrogens is 318 g/mol. The number of ketones is 1. The van der Waals surface area contributed by atoms with Crippen LogP contribution in [0, 0.1) is 16.7 Å². The fourth-order valence-electron chi connectivity index (χ4n) is 4.12.